The Morgan fingerprint density at radius 1 is 1.24 bits per heavy atom. The van der Waals surface area contributed by atoms with Crippen molar-refractivity contribution < 1.29 is 13.9 Å². The van der Waals surface area contributed by atoms with Gasteiger partial charge in [-0.1, -0.05) is 18.2 Å². The number of benzene rings is 2. The number of rotatable bonds is 6. The molecule has 1 saturated heterocycles. The van der Waals surface area contributed by atoms with E-state index in [0.29, 0.717) is 24.0 Å². The first kappa shape index (κ1) is 22.3. The van der Waals surface area contributed by atoms with Crippen LogP contribution < -0.4 is 10.1 Å². The Morgan fingerprint density at radius 3 is 2.64 bits per heavy atom. The van der Waals surface area contributed by atoms with E-state index in [2.05, 4.69) is 15.3 Å². The summed E-state index contributed by atoms with van der Waals surface area (Å²) in [5, 5.41) is 3.15. The first-order valence-electron chi connectivity index (χ1n) is 10.7. The molecule has 1 fully saturated rings. The number of nitrogens with one attached hydrogen (secondary N) is 1. The number of halogens is 1. The average molecular weight is 448 g/mol. The van der Waals surface area contributed by atoms with Crippen LogP contribution in [0.2, 0.25) is 0 Å². The van der Waals surface area contributed by atoms with Gasteiger partial charge in [-0.25, -0.2) is 9.37 Å². The van der Waals surface area contributed by atoms with Crippen molar-refractivity contribution >= 4 is 17.9 Å². The van der Waals surface area contributed by atoms with Crippen LogP contribution in [-0.4, -0.2) is 40.0 Å². The summed E-state index contributed by atoms with van der Waals surface area (Å²) in [6.07, 6.45) is 5.42. The van der Waals surface area contributed by atoms with Crippen LogP contribution in [0.3, 0.4) is 0 Å². The summed E-state index contributed by atoms with van der Waals surface area (Å²) >= 11 is 0. The molecule has 1 N–H and O–H groups in total. The number of methoxy groups -OCH3 is 1. The van der Waals surface area contributed by atoms with Crippen molar-refractivity contribution in [3.63, 3.8) is 0 Å². The summed E-state index contributed by atoms with van der Waals surface area (Å²) in [6.45, 7) is 6.24. The van der Waals surface area contributed by atoms with Gasteiger partial charge in [-0.15, -0.1) is 0 Å². The maximum Gasteiger partial charge on any atom is 0.277 e. The maximum absolute atomic E-state index is 13.4. The van der Waals surface area contributed by atoms with E-state index in [4.69, 9.17) is 4.74 Å². The van der Waals surface area contributed by atoms with E-state index < -0.39 is 0 Å². The third kappa shape index (κ3) is 4.50. The van der Waals surface area contributed by atoms with Gasteiger partial charge in [-0.05, 0) is 62.2 Å². The van der Waals surface area contributed by atoms with Crippen molar-refractivity contribution in [2.24, 2.45) is 4.99 Å². The molecule has 0 radical (unpaired) electrons. The standard InChI is InChI=1S/C25H26FN5O2/c1-5-27-25-29-21(24(32)31(25)17(3)19-7-9-20(26)10-8-19)12-18-6-11-22(23(13-18)33-4)30-14-16(2)28-15-30/h6-15,17H,5H2,1-4H3,(H,27,29)/b21-12-/t17-/m1/s1. The van der Waals surface area contributed by atoms with Gasteiger partial charge in [0.25, 0.3) is 5.91 Å². The number of guanidine groups is 1. The Bertz CT molecular complexity index is 1230. The number of ether oxygens (including phenoxy) is 1. The van der Waals surface area contributed by atoms with Crippen LogP contribution in [-0.2, 0) is 4.79 Å². The van der Waals surface area contributed by atoms with Gasteiger partial charge in [0.1, 0.15) is 17.3 Å². The summed E-state index contributed by atoms with van der Waals surface area (Å²) in [6, 6.07) is 11.5. The summed E-state index contributed by atoms with van der Waals surface area (Å²) < 4.78 is 20.8. The number of hydrogen-bond donors (Lipinski definition) is 1. The van der Waals surface area contributed by atoms with E-state index >= 15 is 0 Å². The third-order valence-corrected chi connectivity index (χ3v) is 5.48. The number of aryl methyl sites for hydroxylation is 1. The lowest BCUT2D eigenvalue weighted by Crippen LogP contribution is -2.35. The first-order chi connectivity index (χ1) is 15.9. The molecule has 0 unspecified atom stereocenters. The number of carbonyl (C=O) groups is 1. The quantitative estimate of drug-likeness (QED) is 0.574. The zero-order valence-electron chi connectivity index (χ0n) is 19.0. The van der Waals surface area contributed by atoms with Crippen LogP contribution in [0.15, 0.2) is 65.7 Å². The molecule has 8 heteroatoms. The third-order valence-electron chi connectivity index (χ3n) is 5.48. The lowest BCUT2D eigenvalue weighted by molar-refractivity contribution is -0.123. The van der Waals surface area contributed by atoms with Crippen LogP contribution >= 0.6 is 0 Å². The lowest BCUT2D eigenvalue weighted by atomic mass is 10.1. The molecule has 1 atom stereocenters. The average Bonchev–Trinajstić information content (AvgIpc) is 3.37. The van der Waals surface area contributed by atoms with Crippen LogP contribution in [0.25, 0.3) is 11.8 Å². The molecule has 2 heterocycles. The predicted octanol–water partition coefficient (Wildman–Crippen LogP) is 4.24. The van der Waals surface area contributed by atoms with Crippen molar-refractivity contribution in [3.8, 4) is 11.4 Å². The van der Waals surface area contributed by atoms with Gasteiger partial charge >= 0.3 is 0 Å². The van der Waals surface area contributed by atoms with E-state index in [1.807, 2.05) is 49.7 Å². The maximum atomic E-state index is 13.4. The number of amides is 1. The van der Waals surface area contributed by atoms with Crippen LogP contribution in [0.1, 0.15) is 36.7 Å². The molecule has 0 spiro atoms. The summed E-state index contributed by atoms with van der Waals surface area (Å²) in [7, 11) is 1.61. The Morgan fingerprint density at radius 2 is 2.00 bits per heavy atom. The molecule has 1 aromatic heterocycles. The Hall–Kier alpha value is -3.94. The van der Waals surface area contributed by atoms with Gasteiger partial charge in [0.05, 0.1) is 30.9 Å². The molecule has 0 saturated carbocycles. The van der Waals surface area contributed by atoms with Gasteiger partial charge < -0.3 is 14.6 Å². The van der Waals surface area contributed by atoms with Crippen molar-refractivity contribution in [3.05, 3.63) is 83.3 Å². The number of carbonyl (C=O) groups excluding carboxylic acids is 1. The van der Waals surface area contributed by atoms with Crippen molar-refractivity contribution in [1.82, 2.24) is 19.8 Å². The number of aromatic nitrogens is 2. The molecule has 1 aliphatic heterocycles. The molecule has 7 nitrogen and oxygen atoms in total. The fraction of sp³-hybridized carbons (Fsp3) is 0.240. The number of nitrogens with zero attached hydrogens (tertiary/aromatic N) is 4. The molecule has 1 amide bonds. The van der Waals surface area contributed by atoms with Crippen molar-refractivity contribution in [1.29, 1.82) is 0 Å². The van der Waals surface area contributed by atoms with E-state index in [9.17, 15) is 9.18 Å². The fourth-order valence-corrected chi connectivity index (χ4v) is 3.79. The van der Waals surface area contributed by atoms with Gasteiger partial charge in [0, 0.05) is 12.7 Å². The predicted molar refractivity (Wildman–Crippen MR) is 126 cm³/mol. The van der Waals surface area contributed by atoms with Gasteiger partial charge in [-0.2, -0.15) is 0 Å². The van der Waals surface area contributed by atoms with E-state index in [-0.39, 0.29) is 17.8 Å². The Kier molecular flexibility index (Phi) is 6.26. The molecule has 1 aliphatic rings. The lowest BCUT2D eigenvalue weighted by Gasteiger charge is -2.23. The molecule has 0 bridgehead atoms. The summed E-state index contributed by atoms with van der Waals surface area (Å²) in [5.41, 5.74) is 3.78. The molecule has 33 heavy (non-hydrogen) atoms. The second-order valence-corrected chi connectivity index (χ2v) is 7.74. The van der Waals surface area contributed by atoms with E-state index in [1.165, 1.54) is 12.1 Å². The second-order valence-electron chi connectivity index (χ2n) is 7.74. The number of hydrogen-bond acceptors (Lipinski definition) is 4. The fourth-order valence-electron chi connectivity index (χ4n) is 3.79. The minimum absolute atomic E-state index is 0.202. The molecular formula is C25H26FN5O2. The zero-order valence-corrected chi connectivity index (χ0v) is 19.0. The first-order valence-corrected chi connectivity index (χ1v) is 10.7. The molecular weight excluding hydrogens is 421 g/mol. The highest BCUT2D eigenvalue weighted by Crippen LogP contribution is 2.29. The second kappa shape index (κ2) is 9.28. The monoisotopic (exact) mass is 447 g/mol. The molecule has 3 aromatic rings. The molecule has 0 aliphatic carbocycles. The molecule has 2 aromatic carbocycles. The SMILES string of the molecule is CC/N=C1\N/C(=C\c2ccc(-n3cnc(C)c3)c(OC)c2)C(=O)N1[C@H](C)c1ccc(F)cc1. The van der Waals surface area contributed by atoms with Gasteiger partial charge in [-0.3, -0.25) is 14.7 Å². The Labute approximate surface area is 192 Å². The van der Waals surface area contributed by atoms with Crippen LogP contribution in [0.4, 0.5) is 4.39 Å². The highest BCUT2D eigenvalue weighted by Gasteiger charge is 2.35. The smallest absolute Gasteiger partial charge is 0.277 e. The van der Waals surface area contributed by atoms with Crippen LogP contribution in [0.5, 0.6) is 5.75 Å². The molecule has 4 rings (SSSR count). The summed E-state index contributed by atoms with van der Waals surface area (Å²) in [4.78, 5) is 23.6. The Balaban J connectivity index is 1.66. The minimum atomic E-state index is -0.317. The molecule has 170 valence electrons. The normalized spacial score (nSPS) is 17.0. The van der Waals surface area contributed by atoms with E-state index in [0.717, 1.165) is 22.5 Å². The highest BCUT2D eigenvalue weighted by atomic mass is 19.1. The largest absolute Gasteiger partial charge is 0.495 e. The van der Waals surface area contributed by atoms with E-state index in [1.54, 1.807) is 36.5 Å². The zero-order chi connectivity index (χ0) is 23.5. The summed E-state index contributed by atoms with van der Waals surface area (Å²) in [5.74, 6) is 0.615. The van der Waals surface area contributed by atoms with Crippen molar-refractivity contribution in [2.45, 2.75) is 26.8 Å². The highest BCUT2D eigenvalue weighted by molar-refractivity contribution is 6.15. The minimum Gasteiger partial charge on any atom is -0.495 e. The van der Waals surface area contributed by atoms with Crippen LogP contribution in [0, 0.1) is 12.7 Å². The van der Waals surface area contributed by atoms with Crippen molar-refractivity contribution in [2.75, 3.05) is 13.7 Å². The number of aliphatic imine (C=N–C) groups is 1. The topological polar surface area (TPSA) is 71.7 Å². The number of imidazole rings is 1. The van der Waals surface area contributed by atoms with Gasteiger partial charge in [0.2, 0.25) is 5.96 Å². The van der Waals surface area contributed by atoms with Gasteiger partial charge in [0.15, 0.2) is 0 Å².